The van der Waals surface area contributed by atoms with Crippen molar-refractivity contribution in [1.29, 1.82) is 0 Å². The minimum Gasteiger partial charge on any atom is -0.482 e. The third-order valence-electron chi connectivity index (χ3n) is 2.95. The van der Waals surface area contributed by atoms with Crippen molar-refractivity contribution in [3.8, 4) is 5.75 Å². The first-order chi connectivity index (χ1) is 11.0. The van der Waals surface area contributed by atoms with Gasteiger partial charge in [0.1, 0.15) is 5.75 Å². The predicted molar refractivity (Wildman–Crippen MR) is 87.7 cm³/mol. The lowest BCUT2D eigenvalue weighted by molar-refractivity contribution is -0.149. The van der Waals surface area contributed by atoms with Gasteiger partial charge in [-0.15, -0.1) is 0 Å². The lowest BCUT2D eigenvalue weighted by Crippen LogP contribution is -2.23. The van der Waals surface area contributed by atoms with Crippen LogP contribution < -0.4 is 10.1 Å². The number of para-hydroxylation sites is 1. The predicted octanol–water partition coefficient (Wildman–Crippen LogP) is 3.21. The maximum absolute atomic E-state index is 11.7. The first-order valence-corrected chi connectivity index (χ1v) is 7.32. The van der Waals surface area contributed by atoms with E-state index in [9.17, 15) is 9.59 Å². The van der Waals surface area contributed by atoms with Crippen LogP contribution in [0.1, 0.15) is 5.56 Å². The van der Waals surface area contributed by atoms with E-state index in [4.69, 9.17) is 21.1 Å². The Bertz CT molecular complexity index is 685. The number of hydrogen-bond donors (Lipinski definition) is 1. The van der Waals surface area contributed by atoms with Crippen LogP contribution in [0.15, 0.2) is 48.5 Å². The third kappa shape index (κ3) is 5.64. The number of esters is 1. The summed E-state index contributed by atoms with van der Waals surface area (Å²) in [5.41, 5.74) is 1.62. The highest BCUT2D eigenvalue weighted by Crippen LogP contribution is 2.15. The molecule has 120 valence electrons. The van der Waals surface area contributed by atoms with Crippen molar-refractivity contribution in [1.82, 2.24) is 0 Å². The minimum absolute atomic E-state index is 0.278. The summed E-state index contributed by atoms with van der Waals surface area (Å²) in [6, 6.07) is 13.9. The van der Waals surface area contributed by atoms with Gasteiger partial charge in [-0.2, -0.15) is 0 Å². The zero-order valence-electron chi connectivity index (χ0n) is 12.5. The highest BCUT2D eigenvalue weighted by molar-refractivity contribution is 6.30. The molecule has 0 unspecified atom stereocenters. The molecular weight excluding hydrogens is 318 g/mol. The minimum atomic E-state index is -0.625. The average molecular weight is 334 g/mol. The number of nitrogens with one attached hydrogen (secondary N) is 1. The molecule has 0 heterocycles. The Balaban J connectivity index is 1.72. The van der Waals surface area contributed by atoms with Crippen molar-refractivity contribution >= 4 is 29.2 Å². The fourth-order valence-electron chi connectivity index (χ4n) is 1.76. The number of halogens is 1. The van der Waals surface area contributed by atoms with Crippen LogP contribution in [-0.2, 0) is 14.3 Å². The molecule has 0 radical (unpaired) electrons. The number of benzene rings is 2. The van der Waals surface area contributed by atoms with E-state index >= 15 is 0 Å². The summed E-state index contributed by atoms with van der Waals surface area (Å²) >= 11 is 5.74. The van der Waals surface area contributed by atoms with E-state index in [-0.39, 0.29) is 13.2 Å². The number of aryl methyl sites for hydroxylation is 1. The summed E-state index contributed by atoms with van der Waals surface area (Å²) in [7, 11) is 0. The smallest absolute Gasteiger partial charge is 0.344 e. The largest absolute Gasteiger partial charge is 0.482 e. The Hall–Kier alpha value is -2.53. The maximum Gasteiger partial charge on any atom is 0.344 e. The molecule has 0 fully saturated rings. The summed E-state index contributed by atoms with van der Waals surface area (Å²) in [6.45, 7) is 1.23. The maximum atomic E-state index is 11.7. The van der Waals surface area contributed by atoms with Crippen LogP contribution in [0.5, 0.6) is 5.75 Å². The summed E-state index contributed by atoms with van der Waals surface area (Å²) in [5.74, 6) is -0.533. The molecule has 23 heavy (non-hydrogen) atoms. The lowest BCUT2D eigenvalue weighted by atomic mass is 10.2. The fraction of sp³-hybridized carbons (Fsp3) is 0.176. The number of carbonyl (C=O) groups is 2. The van der Waals surface area contributed by atoms with Crippen LogP contribution in [0.2, 0.25) is 5.02 Å². The number of carbonyl (C=O) groups excluding carboxylic acids is 2. The van der Waals surface area contributed by atoms with Gasteiger partial charge in [0.2, 0.25) is 0 Å². The van der Waals surface area contributed by atoms with Crippen LogP contribution >= 0.6 is 11.6 Å². The average Bonchev–Trinajstić information content (AvgIpc) is 2.54. The molecule has 2 aromatic rings. The van der Waals surface area contributed by atoms with Gasteiger partial charge >= 0.3 is 5.97 Å². The van der Waals surface area contributed by atoms with Gasteiger partial charge in [-0.3, -0.25) is 4.79 Å². The second-order valence-corrected chi connectivity index (χ2v) is 5.20. The van der Waals surface area contributed by atoms with Crippen LogP contribution in [0.25, 0.3) is 0 Å². The van der Waals surface area contributed by atoms with Crippen LogP contribution in [0.4, 0.5) is 5.69 Å². The standard InChI is InChI=1S/C17H16ClNO4/c1-12-4-2-3-5-15(12)19-16(20)10-23-17(21)11-22-14-8-6-13(18)7-9-14/h2-9H,10-11H2,1H3,(H,19,20). The first kappa shape index (κ1) is 16.8. The molecule has 5 nitrogen and oxygen atoms in total. The second-order valence-electron chi connectivity index (χ2n) is 4.77. The van der Waals surface area contributed by atoms with E-state index in [1.807, 2.05) is 25.1 Å². The van der Waals surface area contributed by atoms with Crippen molar-refractivity contribution in [2.75, 3.05) is 18.5 Å². The van der Waals surface area contributed by atoms with Crippen molar-refractivity contribution in [2.45, 2.75) is 6.92 Å². The summed E-state index contributed by atoms with van der Waals surface area (Å²) < 4.78 is 10.1. The Kier molecular flexibility index (Phi) is 6.00. The molecule has 2 aromatic carbocycles. The number of rotatable bonds is 6. The van der Waals surface area contributed by atoms with Crippen molar-refractivity contribution < 1.29 is 19.1 Å². The molecule has 6 heteroatoms. The normalized spacial score (nSPS) is 10.0. The van der Waals surface area contributed by atoms with E-state index < -0.39 is 11.9 Å². The quantitative estimate of drug-likeness (QED) is 0.824. The molecule has 0 atom stereocenters. The zero-order valence-corrected chi connectivity index (χ0v) is 13.3. The van der Waals surface area contributed by atoms with Gasteiger partial charge in [-0.1, -0.05) is 29.8 Å². The topological polar surface area (TPSA) is 64.6 Å². The zero-order chi connectivity index (χ0) is 16.7. The van der Waals surface area contributed by atoms with Crippen molar-refractivity contribution in [2.24, 2.45) is 0 Å². The second kappa shape index (κ2) is 8.19. The van der Waals surface area contributed by atoms with Gasteiger partial charge in [0.25, 0.3) is 5.91 Å². The summed E-state index contributed by atoms with van der Waals surface area (Å²) in [5, 5.41) is 3.25. The van der Waals surface area contributed by atoms with Gasteiger partial charge in [-0.05, 0) is 42.8 Å². The molecule has 0 aliphatic heterocycles. The lowest BCUT2D eigenvalue weighted by Gasteiger charge is -2.09. The Labute approximate surface area is 139 Å². The van der Waals surface area contributed by atoms with Gasteiger partial charge in [0.05, 0.1) is 0 Å². The molecule has 0 saturated heterocycles. The molecule has 0 aliphatic carbocycles. The Morgan fingerprint density at radius 1 is 1.04 bits per heavy atom. The molecule has 0 bridgehead atoms. The Morgan fingerprint density at radius 3 is 2.43 bits per heavy atom. The molecule has 1 N–H and O–H groups in total. The molecule has 1 amide bonds. The molecule has 0 aliphatic rings. The van der Waals surface area contributed by atoms with Crippen molar-refractivity contribution in [3.05, 3.63) is 59.1 Å². The number of anilines is 1. The van der Waals surface area contributed by atoms with E-state index in [1.54, 1.807) is 30.3 Å². The molecule has 0 saturated carbocycles. The molecular formula is C17H16ClNO4. The molecule has 0 spiro atoms. The van der Waals surface area contributed by atoms with Crippen LogP contribution in [0.3, 0.4) is 0 Å². The SMILES string of the molecule is Cc1ccccc1NC(=O)COC(=O)COc1ccc(Cl)cc1. The van der Waals surface area contributed by atoms with E-state index in [0.29, 0.717) is 16.5 Å². The highest BCUT2D eigenvalue weighted by atomic mass is 35.5. The van der Waals surface area contributed by atoms with E-state index in [2.05, 4.69) is 5.32 Å². The van der Waals surface area contributed by atoms with E-state index in [1.165, 1.54) is 0 Å². The number of amides is 1. The summed E-state index contributed by atoms with van der Waals surface area (Å²) in [4.78, 5) is 23.3. The van der Waals surface area contributed by atoms with Gasteiger partial charge in [0, 0.05) is 10.7 Å². The first-order valence-electron chi connectivity index (χ1n) is 6.94. The molecule has 2 rings (SSSR count). The fourth-order valence-corrected chi connectivity index (χ4v) is 1.89. The van der Waals surface area contributed by atoms with Crippen molar-refractivity contribution in [3.63, 3.8) is 0 Å². The Morgan fingerprint density at radius 2 is 1.74 bits per heavy atom. The van der Waals surface area contributed by atoms with Crippen LogP contribution in [-0.4, -0.2) is 25.1 Å². The monoisotopic (exact) mass is 333 g/mol. The van der Waals surface area contributed by atoms with Gasteiger partial charge in [0.15, 0.2) is 13.2 Å². The van der Waals surface area contributed by atoms with Gasteiger partial charge < -0.3 is 14.8 Å². The summed E-state index contributed by atoms with van der Waals surface area (Å²) in [6.07, 6.45) is 0. The number of ether oxygens (including phenoxy) is 2. The third-order valence-corrected chi connectivity index (χ3v) is 3.21. The highest BCUT2D eigenvalue weighted by Gasteiger charge is 2.09. The molecule has 0 aromatic heterocycles. The van der Waals surface area contributed by atoms with E-state index in [0.717, 1.165) is 5.56 Å². The number of hydrogen-bond acceptors (Lipinski definition) is 4. The van der Waals surface area contributed by atoms with Crippen LogP contribution in [0, 0.1) is 6.92 Å². The van der Waals surface area contributed by atoms with Gasteiger partial charge in [-0.25, -0.2) is 4.79 Å².